The van der Waals surface area contributed by atoms with Crippen LogP contribution in [0, 0.1) is 0 Å². The quantitative estimate of drug-likeness (QED) is 0.669. The van der Waals surface area contributed by atoms with Crippen LogP contribution in [0.4, 0.5) is 5.13 Å². The first-order valence-electron chi connectivity index (χ1n) is 8.55. The summed E-state index contributed by atoms with van der Waals surface area (Å²) in [6.45, 7) is 2.00. The largest absolute Gasteiger partial charge is 0.343 e. The Kier molecular flexibility index (Phi) is 5.91. The van der Waals surface area contributed by atoms with Gasteiger partial charge >= 0.3 is 0 Å². The van der Waals surface area contributed by atoms with Gasteiger partial charge < -0.3 is 5.32 Å². The molecule has 3 rings (SSSR count). The lowest BCUT2D eigenvalue weighted by molar-refractivity contribution is -0.115. The van der Waals surface area contributed by atoms with E-state index in [-0.39, 0.29) is 18.4 Å². The van der Waals surface area contributed by atoms with Gasteiger partial charge in [-0.2, -0.15) is 0 Å². The molecule has 1 aromatic heterocycles. The van der Waals surface area contributed by atoms with E-state index in [4.69, 9.17) is 0 Å². The monoisotopic (exact) mass is 368 g/mol. The molecule has 0 bridgehead atoms. The molecule has 0 aliphatic carbocycles. The van der Waals surface area contributed by atoms with Crippen molar-refractivity contribution in [3.05, 3.63) is 53.0 Å². The molecule has 0 saturated carbocycles. The highest BCUT2D eigenvalue weighted by Crippen LogP contribution is 2.17. The predicted molar refractivity (Wildman–Crippen MR) is 103 cm³/mol. The van der Waals surface area contributed by atoms with Crippen molar-refractivity contribution in [3.8, 4) is 0 Å². The summed E-state index contributed by atoms with van der Waals surface area (Å²) in [6, 6.07) is 13.3. The molecule has 2 aromatic carbocycles. The van der Waals surface area contributed by atoms with Gasteiger partial charge in [0.25, 0.3) is 5.91 Å². The molecule has 0 saturated heterocycles. The van der Waals surface area contributed by atoms with E-state index in [1.165, 1.54) is 11.3 Å². The SMILES string of the molecule is CCCCc1nnc(NC(=O)CNC(=O)c2ccc3ccccc3c2)s1. The van der Waals surface area contributed by atoms with E-state index in [0.717, 1.165) is 35.0 Å². The minimum absolute atomic E-state index is 0.116. The van der Waals surface area contributed by atoms with Crippen molar-refractivity contribution in [2.45, 2.75) is 26.2 Å². The van der Waals surface area contributed by atoms with Gasteiger partial charge in [0.2, 0.25) is 11.0 Å². The smallest absolute Gasteiger partial charge is 0.251 e. The van der Waals surface area contributed by atoms with Crippen molar-refractivity contribution in [1.82, 2.24) is 15.5 Å². The molecular weight excluding hydrogens is 348 g/mol. The summed E-state index contributed by atoms with van der Waals surface area (Å²) in [4.78, 5) is 24.2. The summed E-state index contributed by atoms with van der Waals surface area (Å²) < 4.78 is 0. The summed E-state index contributed by atoms with van der Waals surface area (Å²) in [5, 5.41) is 16.7. The highest BCUT2D eigenvalue weighted by atomic mass is 32.1. The lowest BCUT2D eigenvalue weighted by Gasteiger charge is -2.06. The van der Waals surface area contributed by atoms with E-state index in [1.54, 1.807) is 6.07 Å². The topological polar surface area (TPSA) is 84.0 Å². The van der Waals surface area contributed by atoms with Crippen LogP contribution in [0.5, 0.6) is 0 Å². The van der Waals surface area contributed by atoms with Gasteiger partial charge in [0, 0.05) is 12.0 Å². The Morgan fingerprint density at radius 2 is 1.88 bits per heavy atom. The fourth-order valence-corrected chi connectivity index (χ4v) is 3.29. The highest BCUT2D eigenvalue weighted by molar-refractivity contribution is 7.15. The fraction of sp³-hybridized carbons (Fsp3) is 0.263. The number of aromatic nitrogens is 2. The number of hydrogen-bond donors (Lipinski definition) is 2. The maximum absolute atomic E-state index is 12.3. The maximum atomic E-state index is 12.3. The number of carbonyl (C=O) groups is 2. The number of anilines is 1. The number of carbonyl (C=O) groups excluding carboxylic acids is 2. The predicted octanol–water partition coefficient (Wildman–Crippen LogP) is 3.40. The molecule has 26 heavy (non-hydrogen) atoms. The van der Waals surface area contributed by atoms with E-state index in [2.05, 4.69) is 27.8 Å². The third-order valence-electron chi connectivity index (χ3n) is 3.88. The van der Waals surface area contributed by atoms with Crippen molar-refractivity contribution >= 4 is 39.1 Å². The van der Waals surface area contributed by atoms with Crippen molar-refractivity contribution in [1.29, 1.82) is 0 Å². The minimum atomic E-state index is -0.322. The molecule has 2 amide bonds. The van der Waals surface area contributed by atoms with Crippen LogP contribution in [-0.4, -0.2) is 28.6 Å². The summed E-state index contributed by atoms with van der Waals surface area (Å²) in [7, 11) is 0. The number of nitrogens with one attached hydrogen (secondary N) is 2. The number of unbranched alkanes of at least 4 members (excludes halogenated alkanes) is 1. The van der Waals surface area contributed by atoms with Crippen molar-refractivity contribution in [3.63, 3.8) is 0 Å². The minimum Gasteiger partial charge on any atom is -0.343 e. The first-order valence-corrected chi connectivity index (χ1v) is 9.36. The van der Waals surface area contributed by atoms with E-state index in [9.17, 15) is 9.59 Å². The number of fused-ring (bicyclic) bond motifs is 1. The van der Waals surface area contributed by atoms with E-state index < -0.39 is 0 Å². The van der Waals surface area contributed by atoms with Gasteiger partial charge in [-0.3, -0.25) is 14.9 Å². The zero-order chi connectivity index (χ0) is 18.4. The maximum Gasteiger partial charge on any atom is 0.251 e. The fourth-order valence-electron chi connectivity index (χ4n) is 2.49. The van der Waals surface area contributed by atoms with Crippen LogP contribution in [0.15, 0.2) is 42.5 Å². The molecule has 0 aliphatic rings. The van der Waals surface area contributed by atoms with Gasteiger partial charge in [-0.15, -0.1) is 10.2 Å². The molecule has 134 valence electrons. The number of amides is 2. The van der Waals surface area contributed by atoms with Crippen LogP contribution in [0.1, 0.15) is 35.1 Å². The lowest BCUT2D eigenvalue weighted by atomic mass is 10.1. The first-order chi connectivity index (χ1) is 12.7. The molecule has 0 unspecified atom stereocenters. The van der Waals surface area contributed by atoms with Crippen LogP contribution in [0.25, 0.3) is 10.8 Å². The summed E-state index contributed by atoms with van der Waals surface area (Å²) >= 11 is 1.37. The zero-order valence-corrected chi connectivity index (χ0v) is 15.3. The Hall–Kier alpha value is -2.80. The van der Waals surface area contributed by atoms with Gasteiger partial charge in [0.05, 0.1) is 6.54 Å². The summed E-state index contributed by atoms with van der Waals surface area (Å²) in [5.74, 6) is -0.607. The third kappa shape index (κ3) is 4.64. The first kappa shape index (κ1) is 18.0. The Bertz CT molecular complexity index is 923. The van der Waals surface area contributed by atoms with Gasteiger partial charge in [-0.05, 0) is 29.3 Å². The standard InChI is InChI=1S/C19H20N4O2S/c1-2-3-8-17-22-23-19(26-17)21-16(24)12-20-18(25)15-10-9-13-6-4-5-7-14(13)11-15/h4-7,9-11H,2-3,8,12H2,1H3,(H,20,25)(H,21,23,24). The van der Waals surface area contributed by atoms with Crippen LogP contribution < -0.4 is 10.6 Å². The second-order valence-corrected chi connectivity index (χ2v) is 6.96. The average molecular weight is 368 g/mol. The zero-order valence-electron chi connectivity index (χ0n) is 14.5. The summed E-state index contributed by atoms with van der Waals surface area (Å²) in [5.41, 5.74) is 0.522. The highest BCUT2D eigenvalue weighted by Gasteiger charge is 2.11. The molecule has 7 heteroatoms. The molecular formula is C19H20N4O2S. The van der Waals surface area contributed by atoms with E-state index in [1.807, 2.05) is 36.4 Å². The van der Waals surface area contributed by atoms with Crippen molar-refractivity contribution in [2.24, 2.45) is 0 Å². The Labute approximate surface area is 155 Å². The van der Waals surface area contributed by atoms with Gasteiger partial charge in [0.15, 0.2) is 0 Å². The molecule has 0 atom stereocenters. The Morgan fingerprint density at radius 1 is 1.08 bits per heavy atom. The molecule has 0 aliphatic heterocycles. The molecule has 3 aromatic rings. The van der Waals surface area contributed by atoms with Crippen LogP contribution in [0.3, 0.4) is 0 Å². The third-order valence-corrected chi connectivity index (χ3v) is 4.78. The second kappa shape index (κ2) is 8.53. The van der Waals surface area contributed by atoms with Crippen molar-refractivity contribution in [2.75, 3.05) is 11.9 Å². The number of aryl methyl sites for hydroxylation is 1. The van der Waals surface area contributed by atoms with Gasteiger partial charge in [-0.25, -0.2) is 0 Å². The Balaban J connectivity index is 1.53. The second-order valence-electron chi connectivity index (χ2n) is 5.90. The van der Waals surface area contributed by atoms with Crippen molar-refractivity contribution < 1.29 is 9.59 Å². The van der Waals surface area contributed by atoms with Crippen LogP contribution in [-0.2, 0) is 11.2 Å². The number of rotatable bonds is 7. The molecule has 1 heterocycles. The van der Waals surface area contributed by atoms with Crippen LogP contribution in [0.2, 0.25) is 0 Å². The Morgan fingerprint density at radius 3 is 2.69 bits per heavy atom. The van der Waals surface area contributed by atoms with E-state index in [0.29, 0.717) is 10.7 Å². The molecule has 2 N–H and O–H groups in total. The number of hydrogen-bond acceptors (Lipinski definition) is 5. The average Bonchev–Trinajstić information content (AvgIpc) is 3.11. The molecule has 0 fully saturated rings. The van der Waals surface area contributed by atoms with Gasteiger partial charge in [0.1, 0.15) is 5.01 Å². The number of nitrogens with zero attached hydrogens (tertiary/aromatic N) is 2. The van der Waals surface area contributed by atoms with E-state index >= 15 is 0 Å². The van der Waals surface area contributed by atoms with Crippen LogP contribution >= 0.6 is 11.3 Å². The lowest BCUT2D eigenvalue weighted by Crippen LogP contribution is -2.32. The molecule has 0 spiro atoms. The molecule has 0 radical (unpaired) electrons. The van der Waals surface area contributed by atoms with Gasteiger partial charge in [-0.1, -0.05) is 55.0 Å². The molecule has 6 nitrogen and oxygen atoms in total. The summed E-state index contributed by atoms with van der Waals surface area (Å²) in [6.07, 6.45) is 3.00. The normalized spacial score (nSPS) is 10.7. The number of benzene rings is 2.